The maximum Gasteiger partial charge on any atom is 0.223 e. The summed E-state index contributed by atoms with van der Waals surface area (Å²) in [5.41, 5.74) is 5.80. The van der Waals surface area contributed by atoms with E-state index >= 15 is 0 Å². The molecule has 3 N–H and O–H groups in total. The van der Waals surface area contributed by atoms with Gasteiger partial charge < -0.3 is 11.1 Å². The predicted octanol–water partition coefficient (Wildman–Crippen LogP) is 1.46. The van der Waals surface area contributed by atoms with Crippen LogP contribution < -0.4 is 11.1 Å². The second-order valence-corrected chi connectivity index (χ2v) is 4.42. The average Bonchev–Trinajstić information content (AvgIpc) is 2.29. The zero-order chi connectivity index (χ0) is 12.4. The number of rotatable bonds is 3. The van der Waals surface area contributed by atoms with Gasteiger partial charge in [0.05, 0.1) is 12.1 Å². The monoisotopic (exact) mass is 294 g/mol. The number of nitrogens with one attached hydrogen (secondary N) is 1. The maximum absolute atomic E-state index is 10.9. The summed E-state index contributed by atoms with van der Waals surface area (Å²) in [7, 11) is 1.80. The molecule has 1 amide bonds. The van der Waals surface area contributed by atoms with Crippen LogP contribution in [-0.2, 0) is 11.2 Å². The number of hydrogen-bond donors (Lipinski definition) is 2. The van der Waals surface area contributed by atoms with Crippen LogP contribution in [-0.4, -0.2) is 22.9 Å². The summed E-state index contributed by atoms with van der Waals surface area (Å²) in [5.74, 6) is 0.359. The quantitative estimate of drug-likeness (QED) is 0.898. The van der Waals surface area contributed by atoms with Crippen molar-refractivity contribution in [1.29, 1.82) is 0 Å². The molecule has 0 atom stereocenters. The fourth-order valence-corrected chi connectivity index (χ4v) is 2.05. The number of aromatic nitrogens is 2. The molecule has 0 aliphatic heterocycles. The molecule has 0 aliphatic carbocycles. The van der Waals surface area contributed by atoms with Crippen molar-refractivity contribution in [2.45, 2.75) is 6.42 Å². The number of amides is 1. The number of carbonyl (C=O) groups is 1. The highest BCUT2D eigenvalue weighted by Gasteiger charge is 2.08. The molecule has 0 unspecified atom stereocenters. The molecule has 0 radical (unpaired) electrons. The summed E-state index contributed by atoms with van der Waals surface area (Å²) in [6, 6.07) is 1.84. The Bertz CT molecular complexity index is 585. The van der Waals surface area contributed by atoms with Gasteiger partial charge in [0.1, 0.15) is 5.82 Å². The van der Waals surface area contributed by atoms with Crippen LogP contribution in [0.2, 0.25) is 0 Å². The van der Waals surface area contributed by atoms with Crippen LogP contribution in [0.5, 0.6) is 0 Å². The Labute approximate surface area is 107 Å². The van der Waals surface area contributed by atoms with Gasteiger partial charge in [-0.1, -0.05) is 0 Å². The minimum atomic E-state index is -0.393. The highest BCUT2D eigenvalue weighted by Crippen LogP contribution is 2.27. The van der Waals surface area contributed by atoms with Crippen molar-refractivity contribution in [3.63, 3.8) is 0 Å². The zero-order valence-corrected chi connectivity index (χ0v) is 10.8. The predicted molar refractivity (Wildman–Crippen MR) is 69.7 cm³/mol. The lowest BCUT2D eigenvalue weighted by Gasteiger charge is -2.07. The molecular weight excluding hydrogens is 284 g/mol. The third-order valence-corrected chi connectivity index (χ3v) is 3.00. The molecule has 2 aromatic heterocycles. The van der Waals surface area contributed by atoms with E-state index in [0.717, 1.165) is 21.1 Å². The van der Waals surface area contributed by atoms with Crippen LogP contribution in [0.3, 0.4) is 0 Å². The van der Waals surface area contributed by atoms with E-state index in [0.29, 0.717) is 5.69 Å². The normalized spacial score (nSPS) is 10.5. The lowest BCUT2D eigenvalue weighted by atomic mass is 10.1. The van der Waals surface area contributed by atoms with Gasteiger partial charge in [-0.2, -0.15) is 0 Å². The topological polar surface area (TPSA) is 80.9 Å². The number of halogens is 1. The first kappa shape index (κ1) is 11.8. The smallest absolute Gasteiger partial charge is 0.223 e. The molecule has 2 rings (SSSR count). The van der Waals surface area contributed by atoms with Gasteiger partial charge in [-0.25, -0.2) is 4.98 Å². The molecular formula is C11H11BrN4O. The second kappa shape index (κ2) is 4.67. The molecule has 0 saturated heterocycles. The van der Waals surface area contributed by atoms with Crippen LogP contribution in [0, 0.1) is 0 Å². The highest BCUT2D eigenvalue weighted by atomic mass is 79.9. The molecule has 2 aromatic rings. The van der Waals surface area contributed by atoms with Gasteiger partial charge in [0, 0.05) is 34.7 Å². The lowest BCUT2D eigenvalue weighted by Crippen LogP contribution is -2.14. The Morgan fingerprint density at radius 2 is 2.18 bits per heavy atom. The van der Waals surface area contributed by atoms with Crippen molar-refractivity contribution in [2.75, 3.05) is 12.4 Å². The van der Waals surface area contributed by atoms with Crippen LogP contribution in [0.4, 0.5) is 5.82 Å². The van der Waals surface area contributed by atoms with E-state index in [1.807, 2.05) is 6.07 Å². The van der Waals surface area contributed by atoms with Gasteiger partial charge in [0.15, 0.2) is 0 Å². The Balaban J connectivity index is 2.60. The van der Waals surface area contributed by atoms with Crippen molar-refractivity contribution >= 4 is 38.4 Å². The summed E-state index contributed by atoms with van der Waals surface area (Å²) in [6.07, 6.45) is 3.54. The summed E-state index contributed by atoms with van der Waals surface area (Å²) < 4.78 is 0.861. The highest BCUT2D eigenvalue weighted by molar-refractivity contribution is 9.10. The first-order chi connectivity index (χ1) is 8.11. The number of nitrogens with two attached hydrogens (primary N) is 1. The second-order valence-electron chi connectivity index (χ2n) is 3.57. The van der Waals surface area contributed by atoms with E-state index in [1.54, 1.807) is 19.4 Å². The van der Waals surface area contributed by atoms with E-state index in [9.17, 15) is 4.79 Å². The van der Waals surface area contributed by atoms with Crippen molar-refractivity contribution in [3.05, 3.63) is 28.6 Å². The first-order valence-electron chi connectivity index (χ1n) is 5.01. The average molecular weight is 295 g/mol. The molecule has 0 aliphatic rings. The van der Waals surface area contributed by atoms with Crippen LogP contribution in [0.1, 0.15) is 5.69 Å². The fraction of sp³-hybridized carbons (Fsp3) is 0.182. The van der Waals surface area contributed by atoms with Gasteiger partial charge in [-0.3, -0.25) is 9.78 Å². The fourth-order valence-electron chi connectivity index (χ4n) is 1.62. The SMILES string of the molecule is CNc1ncc(Br)c2cc(CC(N)=O)ncc12. The summed E-state index contributed by atoms with van der Waals surface area (Å²) in [5, 5.41) is 4.85. The van der Waals surface area contributed by atoms with Crippen molar-refractivity contribution < 1.29 is 4.79 Å². The minimum Gasteiger partial charge on any atom is -0.373 e. The summed E-state index contributed by atoms with van der Waals surface area (Å²) in [4.78, 5) is 19.3. The molecule has 88 valence electrons. The van der Waals surface area contributed by atoms with E-state index in [1.165, 1.54) is 0 Å². The van der Waals surface area contributed by atoms with E-state index in [2.05, 4.69) is 31.2 Å². The Hall–Kier alpha value is -1.69. The molecule has 6 heteroatoms. The van der Waals surface area contributed by atoms with E-state index < -0.39 is 5.91 Å². The number of nitrogens with zero attached hydrogens (tertiary/aromatic N) is 2. The van der Waals surface area contributed by atoms with Crippen LogP contribution in [0.15, 0.2) is 22.9 Å². The van der Waals surface area contributed by atoms with Gasteiger partial charge in [0.2, 0.25) is 5.91 Å². The van der Waals surface area contributed by atoms with Gasteiger partial charge >= 0.3 is 0 Å². The van der Waals surface area contributed by atoms with Gasteiger partial charge in [0.25, 0.3) is 0 Å². The third-order valence-electron chi connectivity index (χ3n) is 2.37. The van der Waals surface area contributed by atoms with Crippen LogP contribution in [0.25, 0.3) is 10.8 Å². The molecule has 0 fully saturated rings. The largest absolute Gasteiger partial charge is 0.373 e. The summed E-state index contributed by atoms with van der Waals surface area (Å²) in [6.45, 7) is 0. The van der Waals surface area contributed by atoms with E-state index in [4.69, 9.17) is 5.73 Å². The number of carbonyl (C=O) groups excluding carboxylic acids is 1. The first-order valence-corrected chi connectivity index (χ1v) is 5.80. The van der Waals surface area contributed by atoms with Crippen molar-refractivity contribution in [3.8, 4) is 0 Å². The molecule has 2 heterocycles. The van der Waals surface area contributed by atoms with Crippen molar-refractivity contribution in [1.82, 2.24) is 9.97 Å². The number of fused-ring (bicyclic) bond motifs is 1. The van der Waals surface area contributed by atoms with E-state index in [-0.39, 0.29) is 6.42 Å². The van der Waals surface area contributed by atoms with Crippen LogP contribution >= 0.6 is 15.9 Å². The van der Waals surface area contributed by atoms with Gasteiger partial charge in [-0.05, 0) is 22.0 Å². The molecule has 0 spiro atoms. The lowest BCUT2D eigenvalue weighted by molar-refractivity contribution is -0.117. The summed E-state index contributed by atoms with van der Waals surface area (Å²) >= 11 is 3.43. The standard InChI is InChI=1S/C11H11BrN4O/c1-14-11-8-4-15-6(3-10(13)17)2-7(8)9(12)5-16-11/h2,4-5H,3H2,1H3,(H2,13,17)(H,14,16). The molecule has 5 nitrogen and oxygen atoms in total. The Kier molecular flexibility index (Phi) is 3.23. The minimum absolute atomic E-state index is 0.138. The van der Waals surface area contributed by atoms with Crippen molar-refractivity contribution in [2.24, 2.45) is 5.73 Å². The molecule has 0 bridgehead atoms. The number of anilines is 1. The Morgan fingerprint density at radius 1 is 1.41 bits per heavy atom. The third kappa shape index (κ3) is 2.36. The molecule has 0 saturated carbocycles. The number of hydrogen-bond acceptors (Lipinski definition) is 4. The maximum atomic E-state index is 10.9. The Morgan fingerprint density at radius 3 is 2.82 bits per heavy atom. The molecule has 17 heavy (non-hydrogen) atoms. The zero-order valence-electron chi connectivity index (χ0n) is 9.20. The van der Waals surface area contributed by atoms with Gasteiger partial charge in [-0.15, -0.1) is 0 Å². The number of primary amides is 1. The number of pyridine rings is 2. The molecule has 0 aromatic carbocycles.